The maximum atomic E-state index is 10.3. The van der Waals surface area contributed by atoms with E-state index in [4.69, 9.17) is 4.74 Å². The maximum Gasteiger partial charge on any atom is 0.118 e. The molecule has 0 aliphatic heterocycles. The smallest absolute Gasteiger partial charge is 0.118 e. The highest BCUT2D eigenvalue weighted by Gasteiger charge is 2.15. The lowest BCUT2D eigenvalue weighted by Gasteiger charge is -2.21. The van der Waals surface area contributed by atoms with Crippen LogP contribution in [-0.4, -0.2) is 23.2 Å². The van der Waals surface area contributed by atoms with Gasteiger partial charge >= 0.3 is 0 Å². The van der Waals surface area contributed by atoms with Gasteiger partial charge in [0.25, 0.3) is 0 Å². The van der Waals surface area contributed by atoms with Crippen LogP contribution in [0.5, 0.6) is 5.75 Å². The lowest BCUT2D eigenvalue weighted by molar-refractivity contribution is 0.135. The molecule has 1 aromatic heterocycles. The van der Waals surface area contributed by atoms with Gasteiger partial charge in [-0.1, -0.05) is 12.1 Å². The summed E-state index contributed by atoms with van der Waals surface area (Å²) < 4.78 is 5.11. The van der Waals surface area contributed by atoms with Gasteiger partial charge in [0.1, 0.15) is 5.75 Å². The zero-order chi connectivity index (χ0) is 14.4. The van der Waals surface area contributed by atoms with Crippen molar-refractivity contribution in [1.29, 1.82) is 0 Å². The Balaban J connectivity index is 1.92. The average molecular weight is 272 g/mol. The highest BCUT2D eigenvalue weighted by atomic mass is 16.5. The molecule has 0 radical (unpaired) electrons. The number of aliphatic hydroxyl groups excluding tert-OH is 1. The maximum absolute atomic E-state index is 10.3. The highest BCUT2D eigenvalue weighted by molar-refractivity contribution is 5.29. The van der Waals surface area contributed by atoms with Crippen molar-refractivity contribution in [2.45, 2.75) is 25.6 Å². The summed E-state index contributed by atoms with van der Waals surface area (Å²) in [6.45, 7) is 2.67. The Morgan fingerprint density at radius 2 is 1.80 bits per heavy atom. The Bertz CT molecular complexity index is 514. The first-order valence-corrected chi connectivity index (χ1v) is 6.65. The molecule has 2 atom stereocenters. The second kappa shape index (κ2) is 7.03. The van der Waals surface area contributed by atoms with Gasteiger partial charge in [0.05, 0.1) is 13.2 Å². The molecule has 2 aromatic rings. The van der Waals surface area contributed by atoms with Crippen LogP contribution in [-0.2, 0) is 6.54 Å². The molecule has 20 heavy (non-hydrogen) atoms. The first-order chi connectivity index (χ1) is 9.70. The summed E-state index contributed by atoms with van der Waals surface area (Å²) in [5.74, 6) is 0.790. The fourth-order valence-electron chi connectivity index (χ4n) is 1.98. The summed E-state index contributed by atoms with van der Waals surface area (Å²) >= 11 is 0. The average Bonchev–Trinajstić information content (AvgIpc) is 2.53. The molecule has 4 heteroatoms. The van der Waals surface area contributed by atoms with Crippen LogP contribution in [0.25, 0.3) is 0 Å². The molecule has 4 nitrogen and oxygen atoms in total. The lowest BCUT2D eigenvalue weighted by atomic mass is 10.0. The van der Waals surface area contributed by atoms with Crippen LogP contribution in [0.3, 0.4) is 0 Å². The number of nitrogens with zero attached hydrogens (tertiary/aromatic N) is 1. The quantitative estimate of drug-likeness (QED) is 0.847. The van der Waals surface area contributed by atoms with Gasteiger partial charge in [0.2, 0.25) is 0 Å². The van der Waals surface area contributed by atoms with E-state index in [2.05, 4.69) is 10.3 Å². The minimum Gasteiger partial charge on any atom is -0.497 e. The number of ether oxygens (including phenoxy) is 1. The van der Waals surface area contributed by atoms with E-state index in [0.717, 1.165) is 16.9 Å². The number of pyridine rings is 1. The van der Waals surface area contributed by atoms with E-state index in [0.29, 0.717) is 6.54 Å². The second-order valence-electron chi connectivity index (χ2n) is 4.74. The molecule has 1 heterocycles. The molecule has 0 aliphatic carbocycles. The van der Waals surface area contributed by atoms with Crippen molar-refractivity contribution < 1.29 is 9.84 Å². The topological polar surface area (TPSA) is 54.4 Å². The van der Waals surface area contributed by atoms with E-state index in [-0.39, 0.29) is 6.04 Å². The Labute approximate surface area is 119 Å². The fourth-order valence-corrected chi connectivity index (χ4v) is 1.98. The minimum atomic E-state index is -0.553. The third-order valence-electron chi connectivity index (χ3n) is 3.31. The molecule has 106 valence electrons. The van der Waals surface area contributed by atoms with Crippen LogP contribution in [0.1, 0.15) is 24.2 Å². The molecule has 0 saturated heterocycles. The zero-order valence-electron chi connectivity index (χ0n) is 11.8. The predicted octanol–water partition coefficient (Wildman–Crippen LogP) is 2.30. The second-order valence-corrected chi connectivity index (χ2v) is 4.74. The number of aromatic nitrogens is 1. The Morgan fingerprint density at radius 1 is 1.15 bits per heavy atom. The number of hydrogen-bond donors (Lipinski definition) is 2. The van der Waals surface area contributed by atoms with E-state index in [1.807, 2.05) is 43.3 Å². The molecule has 0 aliphatic rings. The van der Waals surface area contributed by atoms with Gasteiger partial charge < -0.3 is 15.2 Å². The molecule has 0 amide bonds. The number of benzene rings is 1. The number of hydrogen-bond acceptors (Lipinski definition) is 4. The van der Waals surface area contributed by atoms with Gasteiger partial charge in [-0.15, -0.1) is 0 Å². The van der Waals surface area contributed by atoms with Crippen LogP contribution < -0.4 is 10.1 Å². The van der Waals surface area contributed by atoms with E-state index >= 15 is 0 Å². The van der Waals surface area contributed by atoms with Crippen molar-refractivity contribution in [3.8, 4) is 5.75 Å². The van der Waals surface area contributed by atoms with Gasteiger partial charge in [-0.25, -0.2) is 0 Å². The molecule has 0 fully saturated rings. The monoisotopic (exact) mass is 272 g/mol. The summed E-state index contributed by atoms with van der Waals surface area (Å²) in [4.78, 5) is 3.98. The first kappa shape index (κ1) is 14.5. The standard InChI is InChI=1S/C16H20N2O2/c1-12(18-11-13-7-9-17-10-8-13)16(19)14-3-5-15(20-2)6-4-14/h3-10,12,16,18-19H,11H2,1-2H3. The molecule has 0 bridgehead atoms. The summed E-state index contributed by atoms with van der Waals surface area (Å²) in [7, 11) is 1.63. The third-order valence-corrected chi connectivity index (χ3v) is 3.31. The van der Waals surface area contributed by atoms with Gasteiger partial charge in [-0.05, 0) is 42.3 Å². The molecular formula is C16H20N2O2. The van der Waals surface area contributed by atoms with Crippen LogP contribution >= 0.6 is 0 Å². The van der Waals surface area contributed by atoms with Crippen molar-refractivity contribution in [3.05, 3.63) is 59.9 Å². The van der Waals surface area contributed by atoms with E-state index in [1.165, 1.54) is 0 Å². The van der Waals surface area contributed by atoms with E-state index in [1.54, 1.807) is 19.5 Å². The molecular weight excluding hydrogens is 252 g/mol. The summed E-state index contributed by atoms with van der Waals surface area (Å²) in [6.07, 6.45) is 2.98. The van der Waals surface area contributed by atoms with Gasteiger partial charge in [0.15, 0.2) is 0 Å². The predicted molar refractivity (Wildman–Crippen MR) is 78.5 cm³/mol. The Hall–Kier alpha value is -1.91. The minimum absolute atomic E-state index is 0.0449. The summed E-state index contributed by atoms with van der Waals surface area (Å²) in [6, 6.07) is 11.3. The van der Waals surface area contributed by atoms with Crippen molar-refractivity contribution >= 4 is 0 Å². The molecule has 0 saturated carbocycles. The SMILES string of the molecule is COc1ccc(C(O)C(C)NCc2ccncc2)cc1. The molecule has 2 N–H and O–H groups in total. The molecule has 1 aromatic carbocycles. The van der Waals surface area contributed by atoms with Crippen molar-refractivity contribution in [2.75, 3.05) is 7.11 Å². The Morgan fingerprint density at radius 3 is 2.40 bits per heavy atom. The van der Waals surface area contributed by atoms with E-state index in [9.17, 15) is 5.11 Å². The fraction of sp³-hybridized carbons (Fsp3) is 0.312. The largest absolute Gasteiger partial charge is 0.497 e. The number of methoxy groups -OCH3 is 1. The van der Waals surface area contributed by atoms with Crippen molar-refractivity contribution in [1.82, 2.24) is 10.3 Å². The van der Waals surface area contributed by atoms with Crippen molar-refractivity contribution in [2.24, 2.45) is 0 Å². The van der Waals surface area contributed by atoms with Gasteiger partial charge in [-0.2, -0.15) is 0 Å². The number of aliphatic hydroxyl groups is 1. The third kappa shape index (κ3) is 3.79. The van der Waals surface area contributed by atoms with Crippen LogP contribution in [0.2, 0.25) is 0 Å². The van der Waals surface area contributed by atoms with Gasteiger partial charge in [-0.3, -0.25) is 4.98 Å². The zero-order valence-corrected chi connectivity index (χ0v) is 11.8. The number of rotatable bonds is 6. The normalized spacial score (nSPS) is 13.8. The highest BCUT2D eigenvalue weighted by Crippen LogP contribution is 2.20. The molecule has 2 rings (SSSR count). The van der Waals surface area contributed by atoms with Crippen LogP contribution in [0.15, 0.2) is 48.8 Å². The van der Waals surface area contributed by atoms with Gasteiger partial charge in [0, 0.05) is 25.0 Å². The summed E-state index contributed by atoms with van der Waals surface area (Å²) in [5.41, 5.74) is 2.02. The van der Waals surface area contributed by atoms with Crippen LogP contribution in [0.4, 0.5) is 0 Å². The van der Waals surface area contributed by atoms with E-state index < -0.39 is 6.10 Å². The number of nitrogens with one attached hydrogen (secondary N) is 1. The first-order valence-electron chi connectivity index (χ1n) is 6.65. The summed E-state index contributed by atoms with van der Waals surface area (Å²) in [5, 5.41) is 13.6. The van der Waals surface area contributed by atoms with Crippen molar-refractivity contribution in [3.63, 3.8) is 0 Å². The lowest BCUT2D eigenvalue weighted by Crippen LogP contribution is -2.31. The van der Waals surface area contributed by atoms with Crippen LogP contribution in [0, 0.1) is 0 Å². The molecule has 0 spiro atoms. The Kier molecular flexibility index (Phi) is 5.09. The molecule has 2 unspecified atom stereocenters.